The van der Waals surface area contributed by atoms with Gasteiger partial charge in [-0.2, -0.15) is 0 Å². The van der Waals surface area contributed by atoms with Crippen LogP contribution < -0.4 is 4.72 Å². The quantitative estimate of drug-likeness (QED) is 0.807. The monoisotopic (exact) mass is 390 g/mol. The van der Waals surface area contributed by atoms with E-state index in [2.05, 4.69) is 39.4 Å². The molecule has 124 valence electrons. The first-order valence-corrected chi connectivity index (χ1v) is 9.74. The molecule has 0 bridgehead atoms. The molecule has 0 amide bonds. The lowest BCUT2D eigenvalue weighted by Crippen LogP contribution is -2.48. The Kier molecular flexibility index (Phi) is 6.40. The fraction of sp³-hybridized carbons (Fsp3) is 0.600. The Hall–Kier alpha value is -0.470. The van der Waals surface area contributed by atoms with E-state index in [0.717, 1.165) is 19.6 Å². The molecular weight excluding hydrogens is 368 g/mol. The van der Waals surface area contributed by atoms with Gasteiger partial charge in [-0.25, -0.2) is 13.1 Å². The van der Waals surface area contributed by atoms with Crippen LogP contribution in [0.1, 0.15) is 13.8 Å². The van der Waals surface area contributed by atoms with Crippen LogP contribution in [0.5, 0.6) is 0 Å². The number of halogens is 1. The number of hydrogen-bond donors (Lipinski definition) is 1. The number of nitrogens with one attached hydrogen (secondary N) is 1. The van der Waals surface area contributed by atoms with Crippen molar-refractivity contribution >= 4 is 26.0 Å². The van der Waals surface area contributed by atoms with Crippen LogP contribution in [-0.4, -0.2) is 52.2 Å². The molecule has 0 radical (unpaired) electrons. The average Bonchev–Trinajstić information content (AvgIpc) is 2.45. The van der Waals surface area contributed by atoms with E-state index in [0.29, 0.717) is 17.0 Å². The number of ether oxygens (including phenoxy) is 1. The highest BCUT2D eigenvalue weighted by Crippen LogP contribution is 2.21. The Morgan fingerprint density at radius 3 is 2.82 bits per heavy atom. The van der Waals surface area contributed by atoms with Crippen LogP contribution in [0.4, 0.5) is 0 Å². The summed E-state index contributed by atoms with van der Waals surface area (Å²) >= 11 is 3.28. The van der Waals surface area contributed by atoms with E-state index in [1.165, 1.54) is 0 Å². The van der Waals surface area contributed by atoms with Gasteiger partial charge in [-0.15, -0.1) is 0 Å². The molecule has 1 aliphatic rings. The summed E-state index contributed by atoms with van der Waals surface area (Å²) < 4.78 is 33.6. The van der Waals surface area contributed by atoms with Gasteiger partial charge in [0.2, 0.25) is 10.0 Å². The fourth-order valence-electron chi connectivity index (χ4n) is 2.53. The Labute approximate surface area is 141 Å². The number of morpholine rings is 1. The van der Waals surface area contributed by atoms with Crippen LogP contribution in [0.25, 0.3) is 0 Å². The van der Waals surface area contributed by atoms with Gasteiger partial charge in [-0.3, -0.25) is 4.90 Å². The Balaban J connectivity index is 1.93. The number of rotatable bonds is 6. The maximum absolute atomic E-state index is 12.3. The molecule has 0 saturated carbocycles. The standard InChI is InChI=1S/C15H23BrN2O3S/c1-12(2)10-18-7-8-21-13(11-18)9-17-22(19,20)15-6-4-3-5-14(15)16/h3-6,12-13,17H,7-11H2,1-2H3. The Morgan fingerprint density at radius 1 is 1.41 bits per heavy atom. The number of nitrogens with zero attached hydrogens (tertiary/aromatic N) is 1. The lowest BCUT2D eigenvalue weighted by molar-refractivity contribution is -0.0280. The van der Waals surface area contributed by atoms with Crippen LogP contribution in [0.15, 0.2) is 33.6 Å². The normalized spacial score (nSPS) is 20.5. The minimum absolute atomic E-state index is 0.107. The fourth-order valence-corrected chi connectivity index (χ4v) is 4.60. The second kappa shape index (κ2) is 7.88. The van der Waals surface area contributed by atoms with Crippen LogP contribution in [0, 0.1) is 5.92 Å². The van der Waals surface area contributed by atoms with E-state index in [1.807, 2.05) is 0 Å². The third kappa shape index (κ3) is 5.03. The van der Waals surface area contributed by atoms with E-state index in [9.17, 15) is 8.42 Å². The summed E-state index contributed by atoms with van der Waals surface area (Å²) in [7, 11) is -3.53. The molecule has 1 aromatic carbocycles. The van der Waals surface area contributed by atoms with Crippen molar-refractivity contribution in [3.63, 3.8) is 0 Å². The minimum Gasteiger partial charge on any atom is -0.374 e. The predicted molar refractivity (Wildman–Crippen MR) is 90.3 cm³/mol. The van der Waals surface area contributed by atoms with Gasteiger partial charge < -0.3 is 4.74 Å². The molecule has 1 saturated heterocycles. The van der Waals surface area contributed by atoms with Crippen LogP contribution in [-0.2, 0) is 14.8 Å². The zero-order valence-electron chi connectivity index (χ0n) is 13.0. The van der Waals surface area contributed by atoms with Crippen molar-refractivity contribution < 1.29 is 13.2 Å². The molecular formula is C15H23BrN2O3S. The van der Waals surface area contributed by atoms with Crippen molar-refractivity contribution in [1.29, 1.82) is 0 Å². The third-order valence-electron chi connectivity index (χ3n) is 3.47. The van der Waals surface area contributed by atoms with Crippen molar-refractivity contribution in [2.75, 3.05) is 32.8 Å². The van der Waals surface area contributed by atoms with Gasteiger partial charge in [0.05, 0.1) is 17.6 Å². The van der Waals surface area contributed by atoms with Crippen LogP contribution >= 0.6 is 15.9 Å². The lowest BCUT2D eigenvalue weighted by Gasteiger charge is -2.33. The van der Waals surface area contributed by atoms with Gasteiger partial charge in [-0.05, 0) is 34.0 Å². The summed E-state index contributed by atoms with van der Waals surface area (Å²) in [4.78, 5) is 2.58. The molecule has 0 aliphatic carbocycles. The molecule has 5 nitrogen and oxygen atoms in total. The second-order valence-corrected chi connectivity index (χ2v) is 8.52. The van der Waals surface area contributed by atoms with Gasteiger partial charge in [0.1, 0.15) is 0 Å². The summed E-state index contributed by atoms with van der Waals surface area (Å²) in [5.41, 5.74) is 0. The summed E-state index contributed by atoms with van der Waals surface area (Å²) in [5.74, 6) is 0.593. The van der Waals surface area contributed by atoms with E-state index in [4.69, 9.17) is 4.74 Å². The minimum atomic E-state index is -3.53. The number of sulfonamides is 1. The summed E-state index contributed by atoms with van der Waals surface area (Å²) in [5, 5.41) is 0. The molecule has 1 atom stereocenters. The highest BCUT2D eigenvalue weighted by molar-refractivity contribution is 9.10. The highest BCUT2D eigenvalue weighted by atomic mass is 79.9. The second-order valence-electron chi connectivity index (χ2n) is 5.93. The number of hydrogen-bond acceptors (Lipinski definition) is 4. The molecule has 0 spiro atoms. The largest absolute Gasteiger partial charge is 0.374 e. The first kappa shape index (κ1) is 17.9. The molecule has 7 heteroatoms. The molecule has 1 N–H and O–H groups in total. The van der Waals surface area contributed by atoms with E-state index in [1.54, 1.807) is 24.3 Å². The van der Waals surface area contributed by atoms with Crippen molar-refractivity contribution in [3.05, 3.63) is 28.7 Å². The topological polar surface area (TPSA) is 58.6 Å². The highest BCUT2D eigenvalue weighted by Gasteiger charge is 2.24. The number of benzene rings is 1. The van der Waals surface area contributed by atoms with Crippen LogP contribution in [0.2, 0.25) is 0 Å². The Morgan fingerprint density at radius 2 is 2.14 bits per heavy atom. The van der Waals surface area contributed by atoms with Gasteiger partial charge in [0, 0.05) is 30.7 Å². The lowest BCUT2D eigenvalue weighted by atomic mass is 10.2. The van der Waals surface area contributed by atoms with E-state index < -0.39 is 10.0 Å². The molecule has 1 heterocycles. The van der Waals surface area contributed by atoms with Gasteiger partial charge in [-0.1, -0.05) is 26.0 Å². The zero-order valence-corrected chi connectivity index (χ0v) is 15.4. The van der Waals surface area contributed by atoms with E-state index in [-0.39, 0.29) is 17.5 Å². The molecule has 22 heavy (non-hydrogen) atoms. The molecule has 1 unspecified atom stereocenters. The van der Waals surface area contributed by atoms with Gasteiger partial charge in [0.25, 0.3) is 0 Å². The molecule has 0 aromatic heterocycles. The van der Waals surface area contributed by atoms with Crippen molar-refractivity contribution in [2.24, 2.45) is 5.92 Å². The maximum Gasteiger partial charge on any atom is 0.241 e. The summed E-state index contributed by atoms with van der Waals surface area (Å²) in [6, 6.07) is 6.80. The summed E-state index contributed by atoms with van der Waals surface area (Å²) in [6.07, 6.45) is -0.107. The SMILES string of the molecule is CC(C)CN1CCOC(CNS(=O)(=O)c2ccccc2Br)C1. The zero-order chi connectivity index (χ0) is 16.2. The van der Waals surface area contributed by atoms with E-state index >= 15 is 0 Å². The molecule has 1 fully saturated rings. The third-order valence-corrected chi connectivity index (χ3v) is 5.91. The first-order valence-electron chi connectivity index (χ1n) is 7.46. The molecule has 1 aliphatic heterocycles. The first-order chi connectivity index (χ1) is 10.4. The average molecular weight is 391 g/mol. The van der Waals surface area contributed by atoms with Crippen molar-refractivity contribution in [1.82, 2.24) is 9.62 Å². The van der Waals surface area contributed by atoms with Crippen LogP contribution in [0.3, 0.4) is 0 Å². The molecule has 1 aromatic rings. The van der Waals surface area contributed by atoms with Gasteiger partial charge >= 0.3 is 0 Å². The van der Waals surface area contributed by atoms with Crippen molar-refractivity contribution in [2.45, 2.75) is 24.8 Å². The maximum atomic E-state index is 12.3. The summed E-state index contributed by atoms with van der Waals surface area (Å²) in [6.45, 7) is 7.98. The van der Waals surface area contributed by atoms with Crippen molar-refractivity contribution in [3.8, 4) is 0 Å². The Bertz CT molecular complexity index is 592. The smallest absolute Gasteiger partial charge is 0.241 e. The van der Waals surface area contributed by atoms with Gasteiger partial charge in [0.15, 0.2) is 0 Å². The predicted octanol–water partition coefficient (Wildman–Crippen LogP) is 2.08. The molecule has 2 rings (SSSR count).